The van der Waals surface area contributed by atoms with Gasteiger partial charge >= 0.3 is 11.8 Å². The number of carbonyl (C=O) groups excluding carboxylic acids is 2. The van der Waals surface area contributed by atoms with E-state index in [0.29, 0.717) is 11.5 Å². The molecule has 0 saturated heterocycles. The Kier molecular flexibility index (Phi) is 5.97. The molecule has 0 atom stereocenters. The molecule has 0 heterocycles. The van der Waals surface area contributed by atoms with E-state index in [1.807, 2.05) is 0 Å². The SMILES string of the molecule is COc1ccc(NC(=O)C(=O)Nc2cc([N+](=O)[O-])ccc2Cl)c(OC)c1. The van der Waals surface area contributed by atoms with Crippen LogP contribution in [0.2, 0.25) is 5.02 Å². The minimum absolute atomic E-state index is 0.0530. The number of rotatable bonds is 5. The summed E-state index contributed by atoms with van der Waals surface area (Å²) in [5.74, 6) is -1.26. The third-order valence-electron chi connectivity index (χ3n) is 3.27. The Bertz CT molecular complexity index is 871. The van der Waals surface area contributed by atoms with E-state index >= 15 is 0 Å². The van der Waals surface area contributed by atoms with Gasteiger partial charge in [0.2, 0.25) is 0 Å². The zero-order valence-corrected chi connectivity index (χ0v) is 14.5. The Labute approximate surface area is 153 Å². The second kappa shape index (κ2) is 8.17. The second-order valence-electron chi connectivity index (χ2n) is 4.90. The monoisotopic (exact) mass is 379 g/mol. The van der Waals surface area contributed by atoms with E-state index in [0.717, 1.165) is 6.07 Å². The van der Waals surface area contributed by atoms with Gasteiger partial charge in [-0.1, -0.05) is 11.6 Å². The number of non-ortho nitro benzene ring substituents is 1. The fraction of sp³-hybridized carbons (Fsp3) is 0.125. The summed E-state index contributed by atoms with van der Waals surface area (Å²) in [5.41, 5.74) is -0.0803. The predicted molar refractivity (Wildman–Crippen MR) is 94.9 cm³/mol. The van der Waals surface area contributed by atoms with E-state index in [-0.39, 0.29) is 22.1 Å². The van der Waals surface area contributed by atoms with Crippen LogP contribution in [-0.4, -0.2) is 31.0 Å². The summed E-state index contributed by atoms with van der Waals surface area (Å²) in [7, 11) is 2.87. The molecule has 0 spiro atoms. The van der Waals surface area contributed by atoms with E-state index in [9.17, 15) is 19.7 Å². The molecule has 2 aromatic carbocycles. The summed E-state index contributed by atoms with van der Waals surface area (Å²) in [6, 6.07) is 8.10. The predicted octanol–water partition coefficient (Wildman–Crippen LogP) is 2.84. The molecule has 0 aliphatic heterocycles. The molecule has 0 saturated carbocycles. The molecule has 2 rings (SSSR count). The van der Waals surface area contributed by atoms with Crippen LogP contribution in [-0.2, 0) is 9.59 Å². The van der Waals surface area contributed by atoms with Gasteiger partial charge in [-0.25, -0.2) is 0 Å². The Morgan fingerprint density at radius 1 is 1.00 bits per heavy atom. The molecule has 2 aromatic rings. The fourth-order valence-corrected chi connectivity index (χ4v) is 2.15. The smallest absolute Gasteiger partial charge is 0.314 e. The number of nitrogens with one attached hydrogen (secondary N) is 2. The molecule has 2 N–H and O–H groups in total. The Balaban J connectivity index is 2.15. The number of halogens is 1. The lowest BCUT2D eigenvalue weighted by atomic mass is 10.2. The third-order valence-corrected chi connectivity index (χ3v) is 3.60. The Morgan fingerprint density at radius 2 is 1.65 bits per heavy atom. The molecule has 26 heavy (non-hydrogen) atoms. The van der Waals surface area contributed by atoms with Gasteiger partial charge in [0.15, 0.2) is 0 Å². The number of nitro groups is 1. The second-order valence-corrected chi connectivity index (χ2v) is 5.30. The number of methoxy groups -OCH3 is 2. The van der Waals surface area contributed by atoms with Crippen LogP contribution in [0, 0.1) is 10.1 Å². The first-order valence-electron chi connectivity index (χ1n) is 7.14. The highest BCUT2D eigenvalue weighted by atomic mass is 35.5. The van der Waals surface area contributed by atoms with E-state index in [1.165, 1.54) is 38.5 Å². The van der Waals surface area contributed by atoms with Crippen molar-refractivity contribution in [1.82, 2.24) is 0 Å². The number of amides is 2. The summed E-state index contributed by atoms with van der Waals surface area (Å²) in [5, 5.41) is 15.5. The van der Waals surface area contributed by atoms with Crippen molar-refractivity contribution in [3.8, 4) is 11.5 Å². The molecule has 0 radical (unpaired) electrons. The highest BCUT2D eigenvalue weighted by Gasteiger charge is 2.19. The number of ether oxygens (including phenoxy) is 2. The van der Waals surface area contributed by atoms with Gasteiger partial charge in [0.05, 0.1) is 35.5 Å². The first-order valence-corrected chi connectivity index (χ1v) is 7.51. The number of hydrogen-bond acceptors (Lipinski definition) is 6. The largest absolute Gasteiger partial charge is 0.497 e. The van der Waals surface area contributed by atoms with Crippen molar-refractivity contribution < 1.29 is 24.0 Å². The van der Waals surface area contributed by atoms with Gasteiger partial charge in [-0.05, 0) is 18.2 Å². The van der Waals surface area contributed by atoms with Crippen LogP contribution in [0.4, 0.5) is 17.1 Å². The molecule has 0 aromatic heterocycles. The van der Waals surface area contributed by atoms with E-state index in [4.69, 9.17) is 21.1 Å². The zero-order valence-electron chi connectivity index (χ0n) is 13.7. The van der Waals surface area contributed by atoms with Gasteiger partial charge in [0.25, 0.3) is 5.69 Å². The van der Waals surface area contributed by atoms with Gasteiger partial charge in [0.1, 0.15) is 11.5 Å². The van der Waals surface area contributed by atoms with Crippen LogP contribution >= 0.6 is 11.6 Å². The van der Waals surface area contributed by atoms with Crippen molar-refractivity contribution in [3.05, 3.63) is 51.5 Å². The van der Waals surface area contributed by atoms with Crippen LogP contribution in [0.1, 0.15) is 0 Å². The molecule has 10 heteroatoms. The van der Waals surface area contributed by atoms with Crippen molar-refractivity contribution in [2.75, 3.05) is 24.9 Å². The standard InChI is InChI=1S/C16H14ClN3O6/c1-25-10-4-6-12(14(8-10)26-2)18-15(21)16(22)19-13-7-9(20(23)24)3-5-11(13)17/h3-8H,1-2H3,(H,18,21)(H,19,22). The summed E-state index contributed by atoms with van der Waals surface area (Å²) < 4.78 is 10.2. The minimum Gasteiger partial charge on any atom is -0.497 e. The Morgan fingerprint density at radius 3 is 2.23 bits per heavy atom. The van der Waals surface area contributed by atoms with Gasteiger partial charge in [0, 0.05) is 18.2 Å². The van der Waals surface area contributed by atoms with Crippen molar-refractivity contribution in [1.29, 1.82) is 0 Å². The van der Waals surface area contributed by atoms with Crippen molar-refractivity contribution in [2.45, 2.75) is 0 Å². The molecule has 2 amide bonds. The minimum atomic E-state index is -1.05. The highest BCUT2D eigenvalue weighted by Crippen LogP contribution is 2.29. The van der Waals surface area contributed by atoms with Gasteiger partial charge in [-0.15, -0.1) is 0 Å². The molecule has 0 aliphatic rings. The molecule has 0 bridgehead atoms. The fourth-order valence-electron chi connectivity index (χ4n) is 1.98. The van der Waals surface area contributed by atoms with Crippen molar-refractivity contribution >= 4 is 40.5 Å². The maximum atomic E-state index is 12.1. The van der Waals surface area contributed by atoms with Crippen LogP contribution in [0.15, 0.2) is 36.4 Å². The van der Waals surface area contributed by atoms with Crippen LogP contribution in [0.25, 0.3) is 0 Å². The van der Waals surface area contributed by atoms with Crippen LogP contribution in [0.3, 0.4) is 0 Å². The first-order chi connectivity index (χ1) is 12.3. The number of nitrogens with zero attached hydrogens (tertiary/aromatic N) is 1. The van der Waals surface area contributed by atoms with E-state index < -0.39 is 16.7 Å². The normalized spacial score (nSPS) is 9.96. The number of nitro benzene ring substituents is 1. The molecule has 0 aliphatic carbocycles. The molecule has 9 nitrogen and oxygen atoms in total. The third kappa shape index (κ3) is 4.39. The molecular weight excluding hydrogens is 366 g/mol. The average molecular weight is 380 g/mol. The summed E-state index contributed by atoms with van der Waals surface area (Å²) >= 11 is 5.89. The molecular formula is C16H14ClN3O6. The highest BCUT2D eigenvalue weighted by molar-refractivity contribution is 6.45. The van der Waals surface area contributed by atoms with E-state index in [1.54, 1.807) is 6.07 Å². The maximum absolute atomic E-state index is 12.1. The number of hydrogen-bond donors (Lipinski definition) is 2. The van der Waals surface area contributed by atoms with Crippen LogP contribution in [0.5, 0.6) is 11.5 Å². The van der Waals surface area contributed by atoms with Gasteiger partial charge in [-0.2, -0.15) is 0 Å². The van der Waals surface area contributed by atoms with Gasteiger partial charge < -0.3 is 20.1 Å². The molecule has 0 unspecified atom stereocenters. The van der Waals surface area contributed by atoms with Crippen molar-refractivity contribution in [3.63, 3.8) is 0 Å². The van der Waals surface area contributed by atoms with Gasteiger partial charge in [-0.3, -0.25) is 19.7 Å². The molecule has 136 valence electrons. The van der Waals surface area contributed by atoms with E-state index in [2.05, 4.69) is 10.6 Å². The molecule has 0 fully saturated rings. The quantitative estimate of drug-likeness (QED) is 0.468. The van der Waals surface area contributed by atoms with Crippen LogP contribution < -0.4 is 20.1 Å². The lowest BCUT2D eigenvalue weighted by molar-refractivity contribution is -0.384. The summed E-state index contributed by atoms with van der Waals surface area (Å²) in [6.07, 6.45) is 0. The lowest BCUT2D eigenvalue weighted by Gasteiger charge is -2.12. The van der Waals surface area contributed by atoms with Crippen molar-refractivity contribution in [2.24, 2.45) is 0 Å². The Hall–Kier alpha value is -3.33. The number of anilines is 2. The first kappa shape index (κ1) is 19.0. The average Bonchev–Trinajstić information content (AvgIpc) is 2.63. The summed E-state index contributed by atoms with van der Waals surface area (Å²) in [6.45, 7) is 0. The number of benzene rings is 2. The zero-order chi connectivity index (χ0) is 19.3. The lowest BCUT2D eigenvalue weighted by Crippen LogP contribution is -2.29. The topological polar surface area (TPSA) is 120 Å². The summed E-state index contributed by atoms with van der Waals surface area (Å²) in [4.78, 5) is 34.3. The maximum Gasteiger partial charge on any atom is 0.314 e. The number of carbonyl (C=O) groups is 2.